The predicted octanol–water partition coefficient (Wildman–Crippen LogP) is 3.18. The molecule has 1 aromatic rings. The third-order valence-corrected chi connectivity index (χ3v) is 3.69. The molecule has 0 spiro atoms. The molecule has 16 heavy (non-hydrogen) atoms. The summed E-state index contributed by atoms with van der Waals surface area (Å²) in [5.41, 5.74) is 1.28. The molecule has 0 aromatic carbocycles. The zero-order chi connectivity index (χ0) is 12.0. The van der Waals surface area contributed by atoms with Gasteiger partial charge in [0.1, 0.15) is 0 Å². The van der Waals surface area contributed by atoms with Gasteiger partial charge in [0.2, 0.25) is 0 Å². The summed E-state index contributed by atoms with van der Waals surface area (Å²) in [5, 5.41) is 1.07. The van der Waals surface area contributed by atoms with Crippen LogP contribution in [-0.4, -0.2) is 28.8 Å². The zero-order valence-electron chi connectivity index (χ0n) is 10.4. The minimum absolute atomic E-state index is 0.710. The SMILES string of the molecule is CC(C)C(CBr)CN(C)Cc1cccnc1. The van der Waals surface area contributed by atoms with Crippen molar-refractivity contribution >= 4 is 15.9 Å². The Balaban J connectivity index is 2.44. The van der Waals surface area contributed by atoms with Crippen LogP contribution in [0.4, 0.5) is 0 Å². The number of alkyl halides is 1. The Bertz CT molecular complexity index is 287. The highest BCUT2D eigenvalue weighted by Gasteiger charge is 2.14. The number of aromatic nitrogens is 1. The first-order chi connectivity index (χ1) is 7.63. The lowest BCUT2D eigenvalue weighted by molar-refractivity contribution is 0.247. The minimum atomic E-state index is 0.710. The molecule has 90 valence electrons. The molecule has 0 amide bonds. The van der Waals surface area contributed by atoms with Crippen LogP contribution in [0.25, 0.3) is 0 Å². The molecule has 1 heterocycles. The summed E-state index contributed by atoms with van der Waals surface area (Å²) in [6.45, 7) is 6.66. The largest absolute Gasteiger partial charge is 0.302 e. The highest BCUT2D eigenvalue weighted by Crippen LogP contribution is 2.15. The monoisotopic (exact) mass is 284 g/mol. The maximum Gasteiger partial charge on any atom is 0.0312 e. The zero-order valence-corrected chi connectivity index (χ0v) is 11.9. The van der Waals surface area contributed by atoms with E-state index in [1.807, 2.05) is 18.5 Å². The van der Waals surface area contributed by atoms with Crippen LogP contribution in [0, 0.1) is 11.8 Å². The van der Waals surface area contributed by atoms with Crippen molar-refractivity contribution in [2.75, 3.05) is 18.9 Å². The molecule has 0 bridgehead atoms. The number of nitrogens with zero attached hydrogens (tertiary/aromatic N) is 2. The van der Waals surface area contributed by atoms with Gasteiger partial charge in [-0.25, -0.2) is 0 Å². The summed E-state index contributed by atoms with van der Waals surface area (Å²) in [6, 6.07) is 4.12. The van der Waals surface area contributed by atoms with Gasteiger partial charge in [0.15, 0.2) is 0 Å². The number of halogens is 1. The second kappa shape index (κ2) is 7.02. The molecular formula is C13H21BrN2. The first-order valence-electron chi connectivity index (χ1n) is 5.77. The standard InChI is InChI=1S/C13H21BrN2/c1-11(2)13(7-14)10-16(3)9-12-5-4-6-15-8-12/h4-6,8,11,13H,7,9-10H2,1-3H3. The number of pyridine rings is 1. The van der Waals surface area contributed by atoms with E-state index in [4.69, 9.17) is 0 Å². The van der Waals surface area contributed by atoms with Gasteiger partial charge in [-0.15, -0.1) is 0 Å². The molecule has 1 rings (SSSR count). The van der Waals surface area contributed by atoms with Crippen molar-refractivity contribution in [1.82, 2.24) is 9.88 Å². The third-order valence-electron chi connectivity index (χ3n) is 2.86. The first-order valence-corrected chi connectivity index (χ1v) is 6.89. The fraction of sp³-hybridized carbons (Fsp3) is 0.615. The maximum atomic E-state index is 4.14. The van der Waals surface area contributed by atoms with Gasteiger partial charge >= 0.3 is 0 Å². The van der Waals surface area contributed by atoms with Gasteiger partial charge in [0.25, 0.3) is 0 Å². The summed E-state index contributed by atoms with van der Waals surface area (Å²) in [5.74, 6) is 1.43. The van der Waals surface area contributed by atoms with E-state index in [0.717, 1.165) is 24.3 Å². The van der Waals surface area contributed by atoms with Crippen LogP contribution in [0.15, 0.2) is 24.5 Å². The van der Waals surface area contributed by atoms with E-state index in [-0.39, 0.29) is 0 Å². The van der Waals surface area contributed by atoms with Crippen LogP contribution in [0.3, 0.4) is 0 Å². The van der Waals surface area contributed by atoms with Crippen molar-refractivity contribution in [1.29, 1.82) is 0 Å². The normalized spacial score (nSPS) is 13.4. The topological polar surface area (TPSA) is 16.1 Å². The van der Waals surface area contributed by atoms with Gasteiger partial charge < -0.3 is 4.90 Å². The van der Waals surface area contributed by atoms with Crippen molar-refractivity contribution in [3.05, 3.63) is 30.1 Å². The fourth-order valence-corrected chi connectivity index (χ4v) is 2.66. The van der Waals surface area contributed by atoms with E-state index in [0.29, 0.717) is 5.92 Å². The second-order valence-corrected chi connectivity index (χ2v) is 5.36. The van der Waals surface area contributed by atoms with Crippen LogP contribution in [-0.2, 0) is 6.54 Å². The molecule has 3 heteroatoms. The Morgan fingerprint density at radius 1 is 1.44 bits per heavy atom. The Kier molecular flexibility index (Phi) is 5.99. The lowest BCUT2D eigenvalue weighted by Crippen LogP contribution is -2.29. The summed E-state index contributed by atoms with van der Waals surface area (Å²) < 4.78 is 0. The Hall–Kier alpha value is -0.410. The molecule has 1 atom stereocenters. The smallest absolute Gasteiger partial charge is 0.0312 e. The molecule has 1 unspecified atom stereocenters. The highest BCUT2D eigenvalue weighted by molar-refractivity contribution is 9.09. The minimum Gasteiger partial charge on any atom is -0.302 e. The van der Waals surface area contributed by atoms with Crippen LogP contribution in [0.2, 0.25) is 0 Å². The lowest BCUT2D eigenvalue weighted by atomic mass is 9.97. The molecule has 0 fully saturated rings. The van der Waals surface area contributed by atoms with E-state index < -0.39 is 0 Å². The predicted molar refractivity (Wildman–Crippen MR) is 72.7 cm³/mol. The van der Waals surface area contributed by atoms with Crippen molar-refractivity contribution < 1.29 is 0 Å². The van der Waals surface area contributed by atoms with Crippen LogP contribution in [0.5, 0.6) is 0 Å². The molecule has 0 aliphatic carbocycles. The van der Waals surface area contributed by atoms with E-state index >= 15 is 0 Å². The van der Waals surface area contributed by atoms with Gasteiger partial charge in [-0.2, -0.15) is 0 Å². The molecule has 0 N–H and O–H groups in total. The summed E-state index contributed by atoms with van der Waals surface area (Å²) >= 11 is 3.59. The highest BCUT2D eigenvalue weighted by atomic mass is 79.9. The Labute approximate surface area is 107 Å². The van der Waals surface area contributed by atoms with Crippen LogP contribution >= 0.6 is 15.9 Å². The van der Waals surface area contributed by atoms with Gasteiger partial charge in [0.05, 0.1) is 0 Å². The van der Waals surface area contributed by atoms with E-state index in [2.05, 4.69) is 52.8 Å². The average molecular weight is 285 g/mol. The second-order valence-electron chi connectivity index (χ2n) is 4.72. The number of hydrogen-bond acceptors (Lipinski definition) is 2. The summed E-state index contributed by atoms with van der Waals surface area (Å²) in [4.78, 5) is 6.50. The quantitative estimate of drug-likeness (QED) is 0.746. The molecule has 0 radical (unpaired) electrons. The van der Waals surface area contributed by atoms with Crippen LogP contribution in [0.1, 0.15) is 19.4 Å². The van der Waals surface area contributed by atoms with Gasteiger partial charge in [0, 0.05) is 30.8 Å². The fourth-order valence-electron chi connectivity index (χ4n) is 1.71. The van der Waals surface area contributed by atoms with Crippen molar-refractivity contribution in [3.63, 3.8) is 0 Å². The molecule has 0 saturated carbocycles. The molecular weight excluding hydrogens is 264 g/mol. The van der Waals surface area contributed by atoms with Crippen molar-refractivity contribution in [3.8, 4) is 0 Å². The third kappa shape index (κ3) is 4.62. The molecule has 0 aliphatic heterocycles. The average Bonchev–Trinajstić information content (AvgIpc) is 2.27. The van der Waals surface area contributed by atoms with Gasteiger partial charge in [-0.3, -0.25) is 4.98 Å². The van der Waals surface area contributed by atoms with Crippen molar-refractivity contribution in [2.24, 2.45) is 11.8 Å². The summed E-state index contributed by atoms with van der Waals surface area (Å²) in [7, 11) is 2.17. The van der Waals surface area contributed by atoms with Gasteiger partial charge in [-0.05, 0) is 30.5 Å². The van der Waals surface area contributed by atoms with Gasteiger partial charge in [-0.1, -0.05) is 35.8 Å². The van der Waals surface area contributed by atoms with Crippen LogP contribution < -0.4 is 0 Å². The molecule has 2 nitrogen and oxygen atoms in total. The number of rotatable bonds is 6. The van der Waals surface area contributed by atoms with E-state index in [1.54, 1.807) is 0 Å². The lowest BCUT2D eigenvalue weighted by Gasteiger charge is -2.25. The summed E-state index contributed by atoms with van der Waals surface area (Å²) in [6.07, 6.45) is 3.76. The number of hydrogen-bond donors (Lipinski definition) is 0. The van der Waals surface area contributed by atoms with E-state index in [9.17, 15) is 0 Å². The first kappa shape index (κ1) is 13.7. The Morgan fingerprint density at radius 3 is 2.69 bits per heavy atom. The maximum absolute atomic E-state index is 4.14. The molecule has 0 saturated heterocycles. The Morgan fingerprint density at radius 2 is 2.19 bits per heavy atom. The molecule has 0 aliphatic rings. The molecule has 1 aromatic heterocycles. The van der Waals surface area contributed by atoms with E-state index in [1.165, 1.54) is 5.56 Å². The van der Waals surface area contributed by atoms with Crippen molar-refractivity contribution in [2.45, 2.75) is 20.4 Å².